The summed E-state index contributed by atoms with van der Waals surface area (Å²) in [7, 11) is 0. The number of pyridine rings is 1. The first kappa shape index (κ1) is 13.3. The highest BCUT2D eigenvalue weighted by molar-refractivity contribution is 6.31. The van der Waals surface area contributed by atoms with Gasteiger partial charge in [-0.15, -0.1) is 0 Å². The minimum absolute atomic E-state index is 0.0891. The molecule has 0 saturated heterocycles. The third kappa shape index (κ3) is 2.99. The second kappa shape index (κ2) is 5.65. The summed E-state index contributed by atoms with van der Waals surface area (Å²) in [5.41, 5.74) is 0.869. The number of hydrogen-bond acceptors (Lipinski definition) is 2. The number of nitrogens with zero attached hydrogens (tertiary/aromatic N) is 1. The van der Waals surface area contributed by atoms with Crippen molar-refractivity contribution in [3.63, 3.8) is 0 Å². The quantitative estimate of drug-likeness (QED) is 0.870. The molecule has 1 unspecified atom stereocenters. The van der Waals surface area contributed by atoms with E-state index in [1.54, 1.807) is 18.2 Å². The molecule has 2 nitrogen and oxygen atoms in total. The number of aliphatic hydroxyl groups excluding tert-OH is 1. The molecular formula is C13H10Cl2FNO. The smallest absolute Gasteiger partial charge is 0.129 e. The van der Waals surface area contributed by atoms with Crippen LogP contribution in [0.15, 0.2) is 36.5 Å². The SMILES string of the molecule is OC(Cc1c(F)cccc1Cl)c1ccnc(Cl)c1. The molecule has 0 aliphatic rings. The Morgan fingerprint density at radius 1 is 1.28 bits per heavy atom. The second-order valence-corrected chi connectivity index (χ2v) is 4.63. The molecule has 0 spiro atoms. The van der Waals surface area contributed by atoms with Gasteiger partial charge in [-0.1, -0.05) is 29.3 Å². The van der Waals surface area contributed by atoms with E-state index in [2.05, 4.69) is 4.98 Å². The summed E-state index contributed by atoms with van der Waals surface area (Å²) in [6, 6.07) is 7.60. The van der Waals surface area contributed by atoms with E-state index in [1.807, 2.05) is 0 Å². The van der Waals surface area contributed by atoms with E-state index in [9.17, 15) is 9.50 Å². The van der Waals surface area contributed by atoms with Gasteiger partial charge >= 0.3 is 0 Å². The first-order chi connectivity index (χ1) is 8.58. The van der Waals surface area contributed by atoms with Gasteiger partial charge in [-0.3, -0.25) is 0 Å². The maximum Gasteiger partial charge on any atom is 0.129 e. The van der Waals surface area contributed by atoms with Crippen LogP contribution in [0, 0.1) is 5.82 Å². The fourth-order valence-electron chi connectivity index (χ4n) is 1.66. The zero-order valence-electron chi connectivity index (χ0n) is 9.28. The van der Waals surface area contributed by atoms with E-state index >= 15 is 0 Å². The highest BCUT2D eigenvalue weighted by atomic mass is 35.5. The Hall–Kier alpha value is -1.16. The van der Waals surface area contributed by atoms with Crippen LogP contribution in [0.4, 0.5) is 4.39 Å². The van der Waals surface area contributed by atoms with E-state index in [0.717, 1.165) is 0 Å². The van der Waals surface area contributed by atoms with Crippen LogP contribution in [0.1, 0.15) is 17.2 Å². The Balaban J connectivity index is 2.24. The molecule has 1 aromatic heterocycles. The van der Waals surface area contributed by atoms with Crippen molar-refractivity contribution < 1.29 is 9.50 Å². The fraction of sp³-hybridized carbons (Fsp3) is 0.154. The van der Waals surface area contributed by atoms with Gasteiger partial charge in [-0.25, -0.2) is 9.37 Å². The fourth-order valence-corrected chi connectivity index (χ4v) is 2.09. The number of halogens is 3. The van der Waals surface area contributed by atoms with Crippen LogP contribution < -0.4 is 0 Å². The normalized spacial score (nSPS) is 12.4. The summed E-state index contributed by atoms with van der Waals surface area (Å²) in [5.74, 6) is -0.429. The zero-order valence-corrected chi connectivity index (χ0v) is 10.8. The van der Waals surface area contributed by atoms with Gasteiger partial charge in [-0.05, 0) is 29.8 Å². The highest BCUT2D eigenvalue weighted by Crippen LogP contribution is 2.26. The van der Waals surface area contributed by atoms with Crippen molar-refractivity contribution in [1.82, 2.24) is 4.98 Å². The average molecular weight is 286 g/mol. The first-order valence-electron chi connectivity index (χ1n) is 5.30. The zero-order chi connectivity index (χ0) is 13.1. The van der Waals surface area contributed by atoms with E-state index in [-0.39, 0.29) is 11.6 Å². The van der Waals surface area contributed by atoms with Crippen LogP contribution in [-0.2, 0) is 6.42 Å². The summed E-state index contributed by atoms with van der Waals surface area (Å²) in [6.45, 7) is 0. The first-order valence-corrected chi connectivity index (χ1v) is 6.06. The van der Waals surface area contributed by atoms with Crippen molar-refractivity contribution in [1.29, 1.82) is 0 Å². The van der Waals surface area contributed by atoms with E-state index in [0.29, 0.717) is 16.1 Å². The number of hydrogen-bond donors (Lipinski definition) is 1. The van der Waals surface area contributed by atoms with Crippen LogP contribution in [0.25, 0.3) is 0 Å². The van der Waals surface area contributed by atoms with Crippen LogP contribution in [-0.4, -0.2) is 10.1 Å². The molecule has 0 bridgehead atoms. The molecule has 0 aliphatic carbocycles. The summed E-state index contributed by atoms with van der Waals surface area (Å²) >= 11 is 11.6. The van der Waals surface area contributed by atoms with Crippen LogP contribution in [0.5, 0.6) is 0 Å². The molecule has 1 N–H and O–H groups in total. The average Bonchev–Trinajstić information content (AvgIpc) is 2.34. The topological polar surface area (TPSA) is 33.1 Å². The van der Waals surface area contributed by atoms with Gasteiger partial charge in [0, 0.05) is 23.2 Å². The lowest BCUT2D eigenvalue weighted by Gasteiger charge is -2.12. The number of aliphatic hydroxyl groups is 1. The van der Waals surface area contributed by atoms with Crippen LogP contribution in [0.3, 0.4) is 0 Å². The third-order valence-corrected chi connectivity index (χ3v) is 3.16. The van der Waals surface area contributed by atoms with Crippen molar-refractivity contribution >= 4 is 23.2 Å². The summed E-state index contributed by atoms with van der Waals surface area (Å²) in [5, 5.41) is 10.6. The van der Waals surface area contributed by atoms with Gasteiger partial charge in [0.25, 0.3) is 0 Å². The molecule has 1 atom stereocenters. The molecule has 18 heavy (non-hydrogen) atoms. The molecule has 94 valence electrons. The molecule has 0 amide bonds. The van der Waals surface area contributed by atoms with Crippen molar-refractivity contribution in [2.24, 2.45) is 0 Å². The summed E-state index contributed by atoms with van der Waals surface area (Å²) in [6.07, 6.45) is 0.704. The molecule has 0 aliphatic heterocycles. The van der Waals surface area contributed by atoms with Crippen molar-refractivity contribution in [2.75, 3.05) is 0 Å². The molecule has 0 saturated carbocycles. The van der Waals surface area contributed by atoms with E-state index in [1.165, 1.54) is 18.3 Å². The Morgan fingerprint density at radius 3 is 2.72 bits per heavy atom. The predicted molar refractivity (Wildman–Crippen MR) is 69.3 cm³/mol. The Morgan fingerprint density at radius 2 is 2.06 bits per heavy atom. The minimum atomic E-state index is -0.875. The molecule has 2 rings (SSSR count). The molecule has 2 aromatic rings. The van der Waals surface area contributed by atoms with Gasteiger partial charge < -0.3 is 5.11 Å². The molecule has 5 heteroatoms. The standard InChI is InChI=1S/C13H10Cl2FNO/c14-10-2-1-3-11(16)9(10)7-12(18)8-4-5-17-13(15)6-8/h1-6,12,18H,7H2. The predicted octanol–water partition coefficient (Wildman–Crippen LogP) is 3.80. The Labute approximate surface area is 114 Å². The number of rotatable bonds is 3. The van der Waals surface area contributed by atoms with Crippen molar-refractivity contribution in [3.05, 3.63) is 63.6 Å². The molecular weight excluding hydrogens is 276 g/mol. The molecule has 0 radical (unpaired) electrons. The second-order valence-electron chi connectivity index (χ2n) is 3.83. The highest BCUT2D eigenvalue weighted by Gasteiger charge is 2.14. The summed E-state index contributed by atoms with van der Waals surface area (Å²) in [4.78, 5) is 3.82. The van der Waals surface area contributed by atoms with Crippen molar-refractivity contribution in [2.45, 2.75) is 12.5 Å². The van der Waals surface area contributed by atoms with E-state index in [4.69, 9.17) is 23.2 Å². The number of benzene rings is 1. The van der Waals surface area contributed by atoms with Gasteiger partial charge in [0.05, 0.1) is 6.10 Å². The lowest BCUT2D eigenvalue weighted by atomic mass is 10.0. The molecule has 1 aromatic carbocycles. The monoisotopic (exact) mass is 285 g/mol. The lowest BCUT2D eigenvalue weighted by molar-refractivity contribution is 0.177. The third-order valence-electron chi connectivity index (χ3n) is 2.59. The van der Waals surface area contributed by atoms with Crippen LogP contribution >= 0.6 is 23.2 Å². The largest absolute Gasteiger partial charge is 0.388 e. The van der Waals surface area contributed by atoms with Crippen molar-refractivity contribution in [3.8, 4) is 0 Å². The maximum atomic E-state index is 13.6. The Kier molecular flexibility index (Phi) is 4.17. The van der Waals surface area contributed by atoms with Gasteiger partial charge in [0.15, 0.2) is 0 Å². The van der Waals surface area contributed by atoms with Gasteiger partial charge in [0.2, 0.25) is 0 Å². The molecule has 0 fully saturated rings. The summed E-state index contributed by atoms with van der Waals surface area (Å²) < 4.78 is 13.6. The lowest BCUT2D eigenvalue weighted by Crippen LogP contribution is -2.04. The van der Waals surface area contributed by atoms with Crippen LogP contribution in [0.2, 0.25) is 10.2 Å². The Bertz CT molecular complexity index is 542. The van der Waals surface area contributed by atoms with E-state index < -0.39 is 11.9 Å². The molecule has 1 heterocycles. The number of aromatic nitrogens is 1. The maximum absolute atomic E-state index is 13.6. The van der Waals surface area contributed by atoms with Gasteiger partial charge in [-0.2, -0.15) is 0 Å². The minimum Gasteiger partial charge on any atom is -0.388 e. The van der Waals surface area contributed by atoms with Gasteiger partial charge in [0.1, 0.15) is 11.0 Å².